The van der Waals surface area contributed by atoms with Crippen molar-refractivity contribution in [2.24, 2.45) is 11.3 Å². The zero-order valence-corrected chi connectivity index (χ0v) is 11.1. The SMILES string of the molecule is O=S(=O)(CC1CCCCC1)NCC1(CO)CC1. The van der Waals surface area contributed by atoms with Crippen molar-refractivity contribution in [3.8, 4) is 0 Å². The van der Waals surface area contributed by atoms with Crippen LogP contribution in [-0.2, 0) is 10.0 Å². The fourth-order valence-corrected chi connectivity index (χ4v) is 4.15. The van der Waals surface area contributed by atoms with Crippen molar-refractivity contribution >= 4 is 10.0 Å². The fraction of sp³-hybridized carbons (Fsp3) is 1.00. The Morgan fingerprint density at radius 3 is 2.35 bits per heavy atom. The second kappa shape index (κ2) is 5.24. The minimum atomic E-state index is -3.15. The highest BCUT2D eigenvalue weighted by atomic mass is 32.2. The Hall–Kier alpha value is -0.130. The molecule has 2 saturated carbocycles. The summed E-state index contributed by atoms with van der Waals surface area (Å²) >= 11 is 0. The lowest BCUT2D eigenvalue weighted by molar-refractivity contribution is 0.213. The van der Waals surface area contributed by atoms with Crippen LogP contribution < -0.4 is 4.72 Å². The summed E-state index contributed by atoms with van der Waals surface area (Å²) in [5.41, 5.74) is -0.139. The minimum absolute atomic E-state index is 0.0962. The van der Waals surface area contributed by atoms with Crippen LogP contribution in [0.15, 0.2) is 0 Å². The van der Waals surface area contributed by atoms with Crippen LogP contribution >= 0.6 is 0 Å². The highest BCUT2D eigenvalue weighted by Crippen LogP contribution is 2.44. The zero-order valence-electron chi connectivity index (χ0n) is 10.3. The van der Waals surface area contributed by atoms with Crippen LogP contribution in [0, 0.1) is 11.3 Å². The van der Waals surface area contributed by atoms with Crippen molar-refractivity contribution in [3.05, 3.63) is 0 Å². The highest BCUT2D eigenvalue weighted by Gasteiger charge is 2.42. The maximum absolute atomic E-state index is 11.9. The molecule has 0 heterocycles. The second-order valence-corrected chi connectivity index (χ2v) is 7.62. The van der Waals surface area contributed by atoms with Gasteiger partial charge >= 0.3 is 0 Å². The van der Waals surface area contributed by atoms with Crippen molar-refractivity contribution in [1.82, 2.24) is 4.72 Å². The molecule has 0 aromatic carbocycles. The molecule has 0 radical (unpaired) electrons. The molecule has 0 atom stereocenters. The Bertz CT molecular complexity index is 343. The van der Waals surface area contributed by atoms with E-state index in [4.69, 9.17) is 5.11 Å². The molecule has 0 aromatic heterocycles. The van der Waals surface area contributed by atoms with Gasteiger partial charge in [-0.25, -0.2) is 13.1 Å². The molecule has 2 aliphatic carbocycles. The number of rotatable bonds is 6. The largest absolute Gasteiger partial charge is 0.396 e. The van der Waals surface area contributed by atoms with E-state index in [0.717, 1.165) is 25.7 Å². The monoisotopic (exact) mass is 261 g/mol. The maximum Gasteiger partial charge on any atom is 0.211 e. The molecule has 5 heteroatoms. The van der Waals surface area contributed by atoms with Crippen molar-refractivity contribution in [2.75, 3.05) is 18.9 Å². The van der Waals surface area contributed by atoms with Gasteiger partial charge in [-0.1, -0.05) is 19.3 Å². The molecule has 4 nitrogen and oxygen atoms in total. The van der Waals surface area contributed by atoms with E-state index in [1.54, 1.807) is 0 Å². The second-order valence-electron chi connectivity index (χ2n) is 5.76. The molecular formula is C12H23NO3S. The first-order valence-corrected chi connectivity index (χ1v) is 8.29. The van der Waals surface area contributed by atoms with Crippen LogP contribution in [0.2, 0.25) is 0 Å². The summed E-state index contributed by atoms with van der Waals surface area (Å²) < 4.78 is 26.5. The van der Waals surface area contributed by atoms with Crippen LogP contribution in [0.25, 0.3) is 0 Å². The molecule has 0 aliphatic heterocycles. The van der Waals surface area contributed by atoms with E-state index in [9.17, 15) is 8.42 Å². The maximum atomic E-state index is 11.9. The molecule has 0 spiro atoms. The average molecular weight is 261 g/mol. The van der Waals surface area contributed by atoms with E-state index >= 15 is 0 Å². The van der Waals surface area contributed by atoms with E-state index in [1.807, 2.05) is 0 Å². The molecule has 0 unspecified atom stereocenters. The topological polar surface area (TPSA) is 66.4 Å². The van der Waals surface area contributed by atoms with Crippen molar-refractivity contribution < 1.29 is 13.5 Å². The number of hydrogen-bond acceptors (Lipinski definition) is 3. The summed E-state index contributed by atoms with van der Waals surface area (Å²) in [5, 5.41) is 9.14. The van der Waals surface area contributed by atoms with Crippen LogP contribution in [-0.4, -0.2) is 32.4 Å². The molecular weight excluding hydrogens is 238 g/mol. The Labute approximate surface area is 104 Å². The van der Waals surface area contributed by atoms with Crippen LogP contribution in [0.1, 0.15) is 44.9 Å². The van der Waals surface area contributed by atoms with Gasteiger partial charge < -0.3 is 5.11 Å². The minimum Gasteiger partial charge on any atom is -0.396 e. The number of nitrogens with one attached hydrogen (secondary N) is 1. The van der Waals surface area contributed by atoms with Crippen molar-refractivity contribution in [3.63, 3.8) is 0 Å². The standard InChI is InChI=1S/C12H23NO3S/c14-10-12(6-7-12)9-13-17(15,16)8-11-4-2-1-3-5-11/h11,13-14H,1-10H2. The third-order valence-corrected chi connectivity index (χ3v) is 5.63. The lowest BCUT2D eigenvalue weighted by Crippen LogP contribution is -2.35. The van der Waals surface area contributed by atoms with E-state index < -0.39 is 10.0 Å². The van der Waals surface area contributed by atoms with Gasteiger partial charge in [0, 0.05) is 18.6 Å². The summed E-state index contributed by atoms with van der Waals surface area (Å²) in [6, 6.07) is 0. The number of sulfonamides is 1. The summed E-state index contributed by atoms with van der Waals surface area (Å²) in [6.45, 7) is 0.511. The lowest BCUT2D eigenvalue weighted by atomic mass is 9.91. The summed E-state index contributed by atoms with van der Waals surface area (Å²) in [4.78, 5) is 0. The van der Waals surface area contributed by atoms with E-state index in [-0.39, 0.29) is 17.8 Å². The molecule has 0 bridgehead atoms. The molecule has 0 aromatic rings. The van der Waals surface area contributed by atoms with Gasteiger partial charge in [0.1, 0.15) is 0 Å². The van der Waals surface area contributed by atoms with Gasteiger partial charge in [0.15, 0.2) is 0 Å². The van der Waals surface area contributed by atoms with Gasteiger partial charge in [0.2, 0.25) is 10.0 Å². The quantitative estimate of drug-likeness (QED) is 0.756. The van der Waals surface area contributed by atoms with Crippen molar-refractivity contribution in [2.45, 2.75) is 44.9 Å². The van der Waals surface area contributed by atoms with Gasteiger partial charge in [-0.15, -0.1) is 0 Å². The number of aliphatic hydroxyl groups is 1. The van der Waals surface area contributed by atoms with E-state index in [0.29, 0.717) is 12.5 Å². The normalized spacial score (nSPS) is 24.8. The fourth-order valence-electron chi connectivity index (χ4n) is 2.55. The van der Waals surface area contributed by atoms with Crippen LogP contribution in [0.4, 0.5) is 0 Å². The highest BCUT2D eigenvalue weighted by molar-refractivity contribution is 7.89. The summed E-state index contributed by atoms with van der Waals surface area (Å²) in [7, 11) is -3.15. The number of hydrogen-bond donors (Lipinski definition) is 2. The summed E-state index contributed by atoms with van der Waals surface area (Å²) in [5.74, 6) is 0.611. The molecule has 0 amide bonds. The molecule has 0 saturated heterocycles. The first kappa shape index (κ1) is 13.3. The molecule has 2 N–H and O–H groups in total. The Morgan fingerprint density at radius 1 is 1.18 bits per heavy atom. The number of aliphatic hydroxyl groups excluding tert-OH is 1. The van der Waals surface area contributed by atoms with Crippen LogP contribution in [0.5, 0.6) is 0 Å². The zero-order chi connectivity index (χ0) is 12.4. The predicted molar refractivity (Wildman–Crippen MR) is 67.1 cm³/mol. The average Bonchev–Trinajstić information content (AvgIpc) is 3.08. The molecule has 100 valence electrons. The van der Waals surface area contributed by atoms with Gasteiger partial charge in [-0.3, -0.25) is 0 Å². The van der Waals surface area contributed by atoms with E-state index in [2.05, 4.69) is 4.72 Å². The first-order chi connectivity index (χ1) is 8.05. The predicted octanol–water partition coefficient (Wildman–Crippen LogP) is 1.26. The molecule has 2 rings (SSSR count). The lowest BCUT2D eigenvalue weighted by Gasteiger charge is -2.22. The van der Waals surface area contributed by atoms with Gasteiger partial charge in [-0.05, 0) is 31.6 Å². The van der Waals surface area contributed by atoms with E-state index in [1.165, 1.54) is 19.3 Å². The molecule has 17 heavy (non-hydrogen) atoms. The Morgan fingerprint density at radius 2 is 1.82 bits per heavy atom. The molecule has 2 aliphatic rings. The summed E-state index contributed by atoms with van der Waals surface area (Å²) in [6.07, 6.45) is 7.56. The van der Waals surface area contributed by atoms with Gasteiger partial charge in [0.25, 0.3) is 0 Å². The third-order valence-electron chi connectivity index (χ3n) is 4.14. The van der Waals surface area contributed by atoms with Gasteiger partial charge in [-0.2, -0.15) is 0 Å². The Kier molecular flexibility index (Phi) is 4.10. The first-order valence-electron chi connectivity index (χ1n) is 6.63. The van der Waals surface area contributed by atoms with Crippen LogP contribution in [0.3, 0.4) is 0 Å². The molecule has 2 fully saturated rings. The van der Waals surface area contributed by atoms with Gasteiger partial charge in [0.05, 0.1) is 5.75 Å². The van der Waals surface area contributed by atoms with Crippen molar-refractivity contribution in [1.29, 1.82) is 0 Å². The smallest absolute Gasteiger partial charge is 0.211 e. The third kappa shape index (κ3) is 3.93. The Balaban J connectivity index is 1.77.